The molecule has 8 heteroatoms. The van der Waals surface area contributed by atoms with Crippen molar-refractivity contribution in [3.8, 4) is 0 Å². The molecule has 0 saturated carbocycles. The number of aryl methyl sites for hydroxylation is 1. The molecule has 1 N–H and O–H groups in total. The molecule has 4 aromatic carbocycles. The standard InChI is InChI=1S/C33H34ClNO5S/c1-3-40-33(37)31-17-16-30(20-24(31)2)41(38,39)29-14-12-25(13-15-29)18-19-35(22-26-8-5-4-6-9-26)23-32(36)27-10-7-11-28(34)21-27/h4-17,20-21,32,36H,3,18-19,22-23H2,1-2H3/t32-/m1/s1. The van der Waals surface area contributed by atoms with Gasteiger partial charge >= 0.3 is 5.97 Å². The molecular formula is C33H34ClNO5S. The summed E-state index contributed by atoms with van der Waals surface area (Å²) >= 11 is 6.13. The van der Waals surface area contributed by atoms with Gasteiger partial charge < -0.3 is 9.84 Å². The zero-order valence-electron chi connectivity index (χ0n) is 23.2. The molecule has 0 spiro atoms. The number of aliphatic hydroxyl groups excluding tert-OH is 1. The van der Waals surface area contributed by atoms with Crippen LogP contribution < -0.4 is 0 Å². The monoisotopic (exact) mass is 591 g/mol. The van der Waals surface area contributed by atoms with Gasteiger partial charge in [-0.2, -0.15) is 0 Å². The van der Waals surface area contributed by atoms with Crippen molar-refractivity contribution >= 4 is 27.4 Å². The lowest BCUT2D eigenvalue weighted by Gasteiger charge is -2.25. The van der Waals surface area contributed by atoms with Gasteiger partial charge in [0, 0.05) is 24.7 Å². The molecule has 0 aromatic heterocycles. The Balaban J connectivity index is 1.46. The maximum atomic E-state index is 13.3. The summed E-state index contributed by atoms with van der Waals surface area (Å²) < 4.78 is 31.6. The molecule has 0 aliphatic heterocycles. The lowest BCUT2D eigenvalue weighted by Crippen LogP contribution is -2.30. The minimum absolute atomic E-state index is 0.125. The van der Waals surface area contributed by atoms with Gasteiger partial charge in [-0.05, 0) is 85.0 Å². The third-order valence-corrected chi connectivity index (χ3v) is 8.87. The van der Waals surface area contributed by atoms with E-state index in [-0.39, 0.29) is 16.4 Å². The zero-order valence-corrected chi connectivity index (χ0v) is 24.7. The number of carbonyl (C=O) groups is 1. The molecule has 0 saturated heterocycles. The second-order valence-corrected chi connectivity index (χ2v) is 12.3. The second-order valence-electron chi connectivity index (χ2n) is 9.89. The third kappa shape index (κ3) is 8.05. The summed E-state index contributed by atoms with van der Waals surface area (Å²) in [4.78, 5) is 14.6. The number of nitrogens with zero attached hydrogens (tertiary/aromatic N) is 1. The number of benzene rings is 4. The van der Waals surface area contributed by atoms with Crippen molar-refractivity contribution < 1.29 is 23.1 Å². The Kier molecular flexibility index (Phi) is 10.3. The minimum Gasteiger partial charge on any atom is -0.462 e. The van der Waals surface area contributed by atoms with Gasteiger partial charge in [0.15, 0.2) is 0 Å². The van der Waals surface area contributed by atoms with Gasteiger partial charge in [0.1, 0.15) is 0 Å². The molecule has 0 aliphatic carbocycles. The third-order valence-electron chi connectivity index (χ3n) is 6.87. The first-order chi connectivity index (χ1) is 19.7. The highest BCUT2D eigenvalue weighted by molar-refractivity contribution is 7.91. The fourth-order valence-electron chi connectivity index (χ4n) is 4.64. The number of halogens is 1. The molecule has 0 heterocycles. The summed E-state index contributed by atoms with van der Waals surface area (Å²) in [5, 5.41) is 11.5. The fourth-order valence-corrected chi connectivity index (χ4v) is 6.18. The Morgan fingerprint density at radius 2 is 1.61 bits per heavy atom. The normalized spacial score (nSPS) is 12.3. The van der Waals surface area contributed by atoms with Crippen molar-refractivity contribution in [2.45, 2.75) is 42.7 Å². The number of ether oxygens (including phenoxy) is 1. The molecule has 0 fully saturated rings. The number of esters is 1. The molecular weight excluding hydrogens is 558 g/mol. The van der Waals surface area contributed by atoms with E-state index in [9.17, 15) is 18.3 Å². The zero-order chi connectivity index (χ0) is 29.4. The maximum absolute atomic E-state index is 13.3. The first kappa shape index (κ1) is 30.5. The predicted octanol–water partition coefficient (Wildman–Crippen LogP) is 6.44. The van der Waals surface area contributed by atoms with Crippen molar-refractivity contribution in [1.82, 2.24) is 4.90 Å². The van der Waals surface area contributed by atoms with Crippen LogP contribution in [0.3, 0.4) is 0 Å². The molecule has 4 rings (SSSR count). The predicted molar refractivity (Wildman–Crippen MR) is 161 cm³/mol. The molecule has 4 aromatic rings. The Morgan fingerprint density at radius 3 is 2.27 bits per heavy atom. The van der Waals surface area contributed by atoms with E-state index < -0.39 is 21.9 Å². The van der Waals surface area contributed by atoms with E-state index in [0.717, 1.165) is 16.7 Å². The Hall–Kier alpha value is -3.49. The van der Waals surface area contributed by atoms with Crippen LogP contribution in [0.1, 0.15) is 45.6 Å². The number of carbonyl (C=O) groups excluding carboxylic acids is 1. The van der Waals surface area contributed by atoms with Gasteiger partial charge in [0.05, 0.1) is 28.1 Å². The van der Waals surface area contributed by atoms with Crippen LogP contribution in [0.2, 0.25) is 5.02 Å². The number of aliphatic hydroxyl groups is 1. The molecule has 0 amide bonds. The van der Waals surface area contributed by atoms with Gasteiger partial charge in [-0.1, -0.05) is 66.2 Å². The van der Waals surface area contributed by atoms with Crippen LogP contribution in [0.4, 0.5) is 0 Å². The smallest absolute Gasteiger partial charge is 0.338 e. The second kappa shape index (κ2) is 13.9. The van der Waals surface area contributed by atoms with Crippen LogP contribution in [0, 0.1) is 6.92 Å². The highest BCUT2D eigenvalue weighted by Crippen LogP contribution is 2.25. The number of sulfone groups is 1. The van der Waals surface area contributed by atoms with Crippen molar-refractivity contribution in [2.75, 3.05) is 19.7 Å². The van der Waals surface area contributed by atoms with E-state index in [1.165, 1.54) is 18.2 Å². The number of hydrogen-bond donors (Lipinski definition) is 1. The van der Waals surface area contributed by atoms with Crippen molar-refractivity contribution in [3.63, 3.8) is 0 Å². The maximum Gasteiger partial charge on any atom is 0.338 e. The summed E-state index contributed by atoms with van der Waals surface area (Å²) in [6.45, 7) is 5.40. The minimum atomic E-state index is -3.76. The highest BCUT2D eigenvalue weighted by atomic mass is 35.5. The van der Waals surface area contributed by atoms with E-state index in [2.05, 4.69) is 17.0 Å². The summed E-state index contributed by atoms with van der Waals surface area (Å²) in [6, 6.07) is 28.6. The van der Waals surface area contributed by atoms with Crippen LogP contribution in [-0.4, -0.2) is 44.1 Å². The van der Waals surface area contributed by atoms with Crippen LogP contribution in [0.25, 0.3) is 0 Å². The van der Waals surface area contributed by atoms with Crippen LogP contribution in [0.5, 0.6) is 0 Å². The van der Waals surface area contributed by atoms with Crippen molar-refractivity contribution in [1.29, 1.82) is 0 Å². The average Bonchev–Trinajstić information content (AvgIpc) is 2.96. The van der Waals surface area contributed by atoms with Crippen molar-refractivity contribution in [3.05, 3.63) is 130 Å². The molecule has 0 radical (unpaired) electrons. The summed E-state index contributed by atoms with van der Waals surface area (Å²) in [5.74, 6) is -0.473. The van der Waals surface area contributed by atoms with Gasteiger partial charge in [-0.3, -0.25) is 4.90 Å². The fraction of sp³-hybridized carbons (Fsp3) is 0.242. The summed E-state index contributed by atoms with van der Waals surface area (Å²) in [5.41, 5.74) is 3.77. The summed E-state index contributed by atoms with van der Waals surface area (Å²) in [6.07, 6.45) is -0.0356. The van der Waals surface area contributed by atoms with E-state index in [4.69, 9.17) is 16.3 Å². The van der Waals surface area contributed by atoms with Gasteiger partial charge in [-0.15, -0.1) is 0 Å². The topological polar surface area (TPSA) is 83.9 Å². The first-order valence-electron chi connectivity index (χ1n) is 13.5. The number of hydrogen-bond acceptors (Lipinski definition) is 6. The van der Waals surface area contributed by atoms with Gasteiger partial charge in [0.2, 0.25) is 9.84 Å². The van der Waals surface area contributed by atoms with Crippen LogP contribution in [0.15, 0.2) is 107 Å². The van der Waals surface area contributed by atoms with E-state index >= 15 is 0 Å². The molecule has 0 unspecified atom stereocenters. The van der Waals surface area contributed by atoms with E-state index in [0.29, 0.717) is 42.2 Å². The highest BCUT2D eigenvalue weighted by Gasteiger charge is 2.21. The lowest BCUT2D eigenvalue weighted by molar-refractivity contribution is 0.0525. The van der Waals surface area contributed by atoms with E-state index in [1.807, 2.05) is 42.5 Å². The van der Waals surface area contributed by atoms with Gasteiger partial charge in [-0.25, -0.2) is 13.2 Å². The lowest BCUT2D eigenvalue weighted by atomic mass is 10.1. The Bertz CT molecular complexity index is 1570. The SMILES string of the molecule is CCOC(=O)c1ccc(S(=O)(=O)c2ccc(CCN(Cc3ccccc3)C[C@@H](O)c3cccc(Cl)c3)cc2)cc1C. The number of rotatable bonds is 12. The van der Waals surface area contributed by atoms with Crippen molar-refractivity contribution in [2.24, 2.45) is 0 Å². The molecule has 41 heavy (non-hydrogen) atoms. The molecule has 1 atom stereocenters. The first-order valence-corrected chi connectivity index (χ1v) is 15.3. The van der Waals surface area contributed by atoms with Gasteiger partial charge in [0.25, 0.3) is 0 Å². The summed E-state index contributed by atoms with van der Waals surface area (Å²) in [7, 11) is -3.76. The quantitative estimate of drug-likeness (QED) is 0.191. The molecule has 214 valence electrons. The average molecular weight is 592 g/mol. The largest absolute Gasteiger partial charge is 0.462 e. The molecule has 0 aliphatic rings. The molecule has 0 bridgehead atoms. The van der Waals surface area contributed by atoms with E-state index in [1.54, 1.807) is 38.1 Å². The Labute approximate surface area is 247 Å². The molecule has 6 nitrogen and oxygen atoms in total. The Morgan fingerprint density at radius 1 is 0.902 bits per heavy atom. The van der Waals surface area contributed by atoms with Crippen LogP contribution in [-0.2, 0) is 27.5 Å². The van der Waals surface area contributed by atoms with Crippen LogP contribution >= 0.6 is 11.6 Å².